The van der Waals surface area contributed by atoms with Crippen molar-refractivity contribution >= 4 is 17.0 Å². The molecule has 0 aliphatic heterocycles. The lowest BCUT2D eigenvalue weighted by Crippen LogP contribution is -2.34. The predicted octanol–water partition coefficient (Wildman–Crippen LogP) is 3.29. The van der Waals surface area contributed by atoms with Crippen molar-refractivity contribution in [1.82, 2.24) is 10.3 Å². The number of nitrogens with one attached hydrogen (secondary N) is 2. The fourth-order valence-corrected chi connectivity index (χ4v) is 2.02. The van der Waals surface area contributed by atoms with Gasteiger partial charge in [0, 0.05) is 29.1 Å². The Morgan fingerprint density at radius 2 is 2.04 bits per heavy atom. The van der Waals surface area contributed by atoms with Crippen molar-refractivity contribution in [1.29, 1.82) is 0 Å². The summed E-state index contributed by atoms with van der Waals surface area (Å²) in [6.07, 6.45) is -0.225. The van der Waals surface area contributed by atoms with E-state index in [1.165, 1.54) is 6.07 Å². The fourth-order valence-electron chi connectivity index (χ4n) is 2.02. The highest BCUT2D eigenvalue weighted by atomic mass is 19.1. The number of rotatable bonds is 5. The molecular weight excluding hydrogens is 327 g/mol. The number of carbonyl (C=O) groups excluding carboxylic acids is 1. The summed E-state index contributed by atoms with van der Waals surface area (Å²) in [5, 5.41) is 3.27. The van der Waals surface area contributed by atoms with E-state index in [1.807, 2.05) is 0 Å². The van der Waals surface area contributed by atoms with Crippen LogP contribution in [0.1, 0.15) is 20.8 Å². The zero-order valence-corrected chi connectivity index (χ0v) is 14.4. The molecule has 0 bridgehead atoms. The van der Waals surface area contributed by atoms with E-state index in [1.54, 1.807) is 45.0 Å². The largest absolute Gasteiger partial charge is 0.489 e. The monoisotopic (exact) mass is 348 g/mol. The molecule has 0 aliphatic rings. The third-order valence-electron chi connectivity index (χ3n) is 3.13. The third-order valence-corrected chi connectivity index (χ3v) is 3.13. The number of alkyl carbamates (subject to hydrolysis) is 1. The van der Waals surface area contributed by atoms with Crippen LogP contribution in [0.15, 0.2) is 47.0 Å². The molecule has 1 aromatic carbocycles. The summed E-state index contributed by atoms with van der Waals surface area (Å²) in [5.74, 6) is 0.524. The molecule has 0 spiro atoms. The number of hydrogen-bond donors (Lipinski definition) is 2. The minimum absolute atomic E-state index is 0.0215. The first-order valence-electron chi connectivity index (χ1n) is 7.78. The summed E-state index contributed by atoms with van der Waals surface area (Å²) in [6.45, 7) is 5.19. The van der Waals surface area contributed by atoms with Gasteiger partial charge in [-0.15, -0.1) is 0 Å². The number of hydrogen-bond acceptors (Lipinski definition) is 4. The molecule has 1 aromatic heterocycles. The lowest BCUT2D eigenvalue weighted by molar-refractivity contribution is 0.0531. The van der Waals surface area contributed by atoms with E-state index >= 15 is 0 Å². The SMILES string of the molecule is CC(C)(C)OC(=O)NC/C(=C/F)COc1ccc2[nH]c(=O)ccc2c1. The van der Waals surface area contributed by atoms with Crippen LogP contribution in [0.5, 0.6) is 5.75 Å². The first-order valence-corrected chi connectivity index (χ1v) is 7.78. The van der Waals surface area contributed by atoms with Crippen LogP contribution in [0.3, 0.4) is 0 Å². The van der Waals surface area contributed by atoms with Crippen LogP contribution in [-0.4, -0.2) is 29.8 Å². The topological polar surface area (TPSA) is 80.4 Å². The summed E-state index contributed by atoms with van der Waals surface area (Å²) < 4.78 is 23.6. The van der Waals surface area contributed by atoms with Gasteiger partial charge in [0.2, 0.25) is 5.56 Å². The average molecular weight is 348 g/mol. The molecule has 0 saturated carbocycles. The highest BCUT2D eigenvalue weighted by Gasteiger charge is 2.16. The van der Waals surface area contributed by atoms with Gasteiger partial charge < -0.3 is 19.8 Å². The molecule has 7 heteroatoms. The first kappa shape index (κ1) is 18.5. The normalized spacial score (nSPS) is 12.1. The standard InChI is InChI=1S/C18H21FN2O4/c1-18(2,3)25-17(23)20-10-12(9-19)11-24-14-5-6-15-13(8-14)4-7-16(22)21-15/h4-9H,10-11H2,1-3H3,(H,20,23)(H,21,22)/b12-9-. The summed E-state index contributed by atoms with van der Waals surface area (Å²) in [7, 11) is 0. The number of carbonyl (C=O) groups is 1. The van der Waals surface area contributed by atoms with E-state index < -0.39 is 11.7 Å². The van der Waals surface area contributed by atoms with Crippen LogP contribution in [0.2, 0.25) is 0 Å². The Morgan fingerprint density at radius 1 is 1.28 bits per heavy atom. The van der Waals surface area contributed by atoms with Gasteiger partial charge in [0.15, 0.2) is 0 Å². The number of fused-ring (bicyclic) bond motifs is 1. The van der Waals surface area contributed by atoms with Crippen molar-refractivity contribution in [3.63, 3.8) is 0 Å². The molecule has 0 fully saturated rings. The number of aromatic nitrogens is 1. The van der Waals surface area contributed by atoms with Crippen LogP contribution in [-0.2, 0) is 4.74 Å². The number of benzene rings is 1. The minimum atomic E-state index is -0.624. The van der Waals surface area contributed by atoms with Crippen molar-refractivity contribution in [2.24, 2.45) is 0 Å². The molecule has 0 atom stereocenters. The van der Waals surface area contributed by atoms with Gasteiger partial charge in [0.25, 0.3) is 0 Å². The third kappa shape index (κ3) is 5.95. The van der Waals surface area contributed by atoms with E-state index in [0.29, 0.717) is 17.6 Å². The number of ether oxygens (including phenoxy) is 2. The van der Waals surface area contributed by atoms with E-state index in [-0.39, 0.29) is 24.3 Å². The molecule has 2 N–H and O–H groups in total. The number of H-pyrrole nitrogens is 1. The molecule has 0 radical (unpaired) electrons. The smallest absolute Gasteiger partial charge is 0.407 e. The molecule has 0 unspecified atom stereocenters. The predicted molar refractivity (Wildman–Crippen MR) is 93.5 cm³/mol. The van der Waals surface area contributed by atoms with Crippen molar-refractivity contribution in [2.45, 2.75) is 26.4 Å². The van der Waals surface area contributed by atoms with E-state index in [0.717, 1.165) is 5.39 Å². The Bertz CT molecular complexity index is 837. The van der Waals surface area contributed by atoms with Crippen LogP contribution in [0.4, 0.5) is 9.18 Å². The number of aromatic amines is 1. The molecule has 6 nitrogen and oxygen atoms in total. The average Bonchev–Trinajstić information content (AvgIpc) is 2.53. The van der Waals surface area contributed by atoms with Gasteiger partial charge in [-0.25, -0.2) is 9.18 Å². The maximum absolute atomic E-state index is 13.0. The first-order chi connectivity index (χ1) is 11.8. The van der Waals surface area contributed by atoms with Gasteiger partial charge in [-0.2, -0.15) is 0 Å². The maximum atomic E-state index is 13.0. The molecule has 0 saturated heterocycles. The van der Waals surface area contributed by atoms with Crippen molar-refractivity contribution in [3.8, 4) is 5.75 Å². The quantitative estimate of drug-likeness (QED) is 0.869. The summed E-state index contributed by atoms with van der Waals surface area (Å²) in [6, 6.07) is 8.22. The van der Waals surface area contributed by atoms with Gasteiger partial charge in [0.1, 0.15) is 18.0 Å². The van der Waals surface area contributed by atoms with Gasteiger partial charge >= 0.3 is 6.09 Å². The molecule has 0 aliphatic carbocycles. The molecule has 1 heterocycles. The van der Waals surface area contributed by atoms with Crippen molar-refractivity contribution < 1.29 is 18.7 Å². The lowest BCUT2D eigenvalue weighted by atomic mass is 10.2. The van der Waals surface area contributed by atoms with Crippen LogP contribution in [0, 0.1) is 0 Å². The Labute approximate surface area is 144 Å². The van der Waals surface area contributed by atoms with Crippen molar-refractivity contribution in [2.75, 3.05) is 13.2 Å². The number of pyridine rings is 1. The molecule has 2 aromatic rings. The molecule has 25 heavy (non-hydrogen) atoms. The number of halogens is 1. The van der Waals surface area contributed by atoms with E-state index in [4.69, 9.17) is 9.47 Å². The summed E-state index contributed by atoms with van der Waals surface area (Å²) >= 11 is 0. The summed E-state index contributed by atoms with van der Waals surface area (Å²) in [4.78, 5) is 25.5. The Kier molecular flexibility index (Phi) is 5.80. The molecular formula is C18H21FN2O4. The van der Waals surface area contributed by atoms with Gasteiger partial charge in [-0.3, -0.25) is 4.79 Å². The molecule has 1 amide bonds. The highest BCUT2D eigenvalue weighted by molar-refractivity contribution is 5.79. The minimum Gasteiger partial charge on any atom is -0.489 e. The lowest BCUT2D eigenvalue weighted by Gasteiger charge is -2.20. The van der Waals surface area contributed by atoms with Gasteiger partial charge in [0.05, 0.1) is 6.33 Å². The van der Waals surface area contributed by atoms with Crippen molar-refractivity contribution in [3.05, 3.63) is 52.6 Å². The molecule has 2 rings (SSSR count). The fraction of sp³-hybridized carbons (Fsp3) is 0.333. The summed E-state index contributed by atoms with van der Waals surface area (Å²) in [5.41, 5.74) is 0.142. The Balaban J connectivity index is 1.91. The molecule has 134 valence electrons. The van der Waals surface area contributed by atoms with E-state index in [2.05, 4.69) is 10.3 Å². The highest BCUT2D eigenvalue weighted by Crippen LogP contribution is 2.18. The second-order valence-electron chi connectivity index (χ2n) is 6.48. The van der Waals surface area contributed by atoms with Crippen LogP contribution < -0.4 is 15.6 Å². The Hall–Kier alpha value is -2.83. The zero-order chi connectivity index (χ0) is 18.4. The maximum Gasteiger partial charge on any atom is 0.407 e. The number of amides is 1. The van der Waals surface area contributed by atoms with Crippen LogP contribution >= 0.6 is 0 Å². The zero-order valence-electron chi connectivity index (χ0n) is 14.4. The van der Waals surface area contributed by atoms with Gasteiger partial charge in [-0.1, -0.05) is 0 Å². The Morgan fingerprint density at radius 3 is 2.72 bits per heavy atom. The van der Waals surface area contributed by atoms with Crippen LogP contribution in [0.25, 0.3) is 10.9 Å². The second-order valence-corrected chi connectivity index (χ2v) is 6.48. The van der Waals surface area contributed by atoms with E-state index in [9.17, 15) is 14.0 Å². The second kappa shape index (κ2) is 7.83. The van der Waals surface area contributed by atoms with Gasteiger partial charge in [-0.05, 0) is 45.0 Å².